The van der Waals surface area contributed by atoms with Gasteiger partial charge in [-0.3, -0.25) is 9.59 Å². The van der Waals surface area contributed by atoms with E-state index < -0.39 is 11.5 Å². The van der Waals surface area contributed by atoms with Gasteiger partial charge in [0.1, 0.15) is 0 Å². The first kappa shape index (κ1) is 14.3. The van der Waals surface area contributed by atoms with Crippen molar-refractivity contribution in [1.82, 2.24) is 5.32 Å². The van der Waals surface area contributed by atoms with Crippen molar-refractivity contribution in [3.63, 3.8) is 0 Å². The lowest BCUT2D eigenvalue weighted by molar-refractivity contribution is -0.139. The van der Waals surface area contributed by atoms with E-state index in [9.17, 15) is 9.59 Å². The van der Waals surface area contributed by atoms with Crippen LogP contribution in [0, 0.1) is 0 Å². The number of thiophene rings is 1. The summed E-state index contributed by atoms with van der Waals surface area (Å²) in [6, 6.07) is 3.28. The highest BCUT2D eigenvalue weighted by atomic mass is 35.5. The Labute approximate surface area is 119 Å². The van der Waals surface area contributed by atoms with Crippen LogP contribution >= 0.6 is 22.9 Å². The van der Waals surface area contributed by atoms with Crippen molar-refractivity contribution in [3.05, 3.63) is 21.3 Å². The van der Waals surface area contributed by atoms with E-state index in [0.29, 0.717) is 35.3 Å². The van der Waals surface area contributed by atoms with Gasteiger partial charge in [0.15, 0.2) is 0 Å². The number of hydrogen-bond acceptors (Lipinski definition) is 4. The van der Waals surface area contributed by atoms with Crippen LogP contribution < -0.4 is 5.32 Å². The number of carboxylic acid groups (broad SMARTS) is 1. The van der Waals surface area contributed by atoms with Crippen LogP contribution in [0.5, 0.6) is 0 Å². The summed E-state index contributed by atoms with van der Waals surface area (Å²) < 4.78 is 5.77. The molecule has 0 radical (unpaired) electrons. The number of aliphatic carboxylic acids is 1. The Morgan fingerprint density at radius 1 is 1.42 bits per heavy atom. The molecule has 2 heterocycles. The van der Waals surface area contributed by atoms with Crippen molar-refractivity contribution in [1.29, 1.82) is 0 Å². The summed E-state index contributed by atoms with van der Waals surface area (Å²) in [5.74, 6) is -1.20. The molecule has 0 aliphatic carbocycles. The minimum Gasteiger partial charge on any atom is -0.481 e. The number of carboxylic acids is 1. The first-order chi connectivity index (χ1) is 9.01. The molecule has 1 fully saturated rings. The second-order valence-electron chi connectivity index (χ2n) is 4.52. The number of nitrogens with one attached hydrogen (secondary N) is 1. The largest absolute Gasteiger partial charge is 0.481 e. The maximum absolute atomic E-state index is 12.1. The maximum Gasteiger partial charge on any atom is 0.305 e. The van der Waals surface area contributed by atoms with Gasteiger partial charge in [-0.05, 0) is 25.0 Å². The minimum absolute atomic E-state index is 0.0960. The van der Waals surface area contributed by atoms with E-state index in [4.69, 9.17) is 21.4 Å². The SMILES string of the molecule is O=C(O)CC1(NC(=O)c2ccc(Cl)s2)CCOCC1. The van der Waals surface area contributed by atoms with Crippen LogP contribution in [0.25, 0.3) is 0 Å². The van der Waals surface area contributed by atoms with E-state index in [1.807, 2.05) is 0 Å². The number of halogens is 1. The second kappa shape index (κ2) is 5.90. The molecular formula is C12H14ClNO4S. The van der Waals surface area contributed by atoms with Crippen molar-refractivity contribution in [2.45, 2.75) is 24.8 Å². The average molecular weight is 304 g/mol. The molecule has 0 unspecified atom stereocenters. The van der Waals surface area contributed by atoms with Gasteiger partial charge in [-0.15, -0.1) is 11.3 Å². The highest BCUT2D eigenvalue weighted by Gasteiger charge is 2.36. The van der Waals surface area contributed by atoms with Crippen molar-refractivity contribution in [2.75, 3.05) is 13.2 Å². The second-order valence-corrected chi connectivity index (χ2v) is 6.24. The number of rotatable bonds is 4. The first-order valence-corrected chi connectivity index (χ1v) is 7.08. The number of amides is 1. The van der Waals surface area contributed by atoms with E-state index in [1.54, 1.807) is 12.1 Å². The fourth-order valence-electron chi connectivity index (χ4n) is 2.14. The van der Waals surface area contributed by atoms with Crippen LogP contribution in [-0.4, -0.2) is 35.7 Å². The maximum atomic E-state index is 12.1. The van der Waals surface area contributed by atoms with Crippen molar-refractivity contribution < 1.29 is 19.4 Å². The fraction of sp³-hybridized carbons (Fsp3) is 0.500. The molecule has 0 atom stereocenters. The molecule has 5 nitrogen and oxygen atoms in total. The van der Waals surface area contributed by atoms with Crippen molar-refractivity contribution >= 4 is 34.8 Å². The predicted octanol–water partition coefficient (Wildman–Crippen LogP) is 2.16. The molecule has 0 spiro atoms. The minimum atomic E-state index is -0.925. The molecule has 1 aliphatic heterocycles. The molecule has 1 aromatic rings. The smallest absolute Gasteiger partial charge is 0.305 e. The zero-order valence-electron chi connectivity index (χ0n) is 10.1. The molecule has 1 amide bonds. The summed E-state index contributed by atoms with van der Waals surface area (Å²) in [6.07, 6.45) is 0.912. The Hall–Kier alpha value is -1.11. The third-order valence-corrected chi connectivity index (χ3v) is 4.35. The Kier molecular flexibility index (Phi) is 4.44. The van der Waals surface area contributed by atoms with Crippen LogP contribution in [0.3, 0.4) is 0 Å². The summed E-state index contributed by atoms with van der Waals surface area (Å²) in [5, 5.41) is 11.9. The topological polar surface area (TPSA) is 75.6 Å². The van der Waals surface area contributed by atoms with E-state index in [-0.39, 0.29) is 12.3 Å². The molecule has 2 rings (SSSR count). The number of carbonyl (C=O) groups is 2. The molecular weight excluding hydrogens is 290 g/mol. The third kappa shape index (κ3) is 3.68. The Bertz CT molecular complexity index is 482. The van der Waals surface area contributed by atoms with E-state index in [0.717, 1.165) is 0 Å². The lowest BCUT2D eigenvalue weighted by atomic mass is 9.86. The highest BCUT2D eigenvalue weighted by Crippen LogP contribution is 2.27. The Morgan fingerprint density at radius 2 is 2.11 bits per heavy atom. The highest BCUT2D eigenvalue weighted by molar-refractivity contribution is 7.18. The molecule has 7 heteroatoms. The van der Waals surface area contributed by atoms with Gasteiger partial charge in [0.2, 0.25) is 0 Å². The number of ether oxygens (including phenoxy) is 1. The van der Waals surface area contributed by atoms with Gasteiger partial charge in [-0.25, -0.2) is 0 Å². The first-order valence-electron chi connectivity index (χ1n) is 5.88. The average Bonchev–Trinajstić information content (AvgIpc) is 2.76. The zero-order valence-corrected chi connectivity index (χ0v) is 11.7. The fourth-order valence-corrected chi connectivity index (χ4v) is 3.07. The van der Waals surface area contributed by atoms with E-state index in [1.165, 1.54) is 11.3 Å². The van der Waals surface area contributed by atoms with Gasteiger partial charge < -0.3 is 15.2 Å². The summed E-state index contributed by atoms with van der Waals surface area (Å²) in [4.78, 5) is 23.6. The lowest BCUT2D eigenvalue weighted by Gasteiger charge is -2.36. The number of carbonyl (C=O) groups excluding carboxylic acids is 1. The van der Waals surface area contributed by atoms with Crippen LogP contribution in [0.1, 0.15) is 28.9 Å². The van der Waals surface area contributed by atoms with Crippen LogP contribution in [-0.2, 0) is 9.53 Å². The molecule has 0 bridgehead atoms. The summed E-state index contributed by atoms with van der Waals surface area (Å²) in [6.45, 7) is 0.914. The van der Waals surface area contributed by atoms with Gasteiger partial charge in [0, 0.05) is 13.2 Å². The van der Waals surface area contributed by atoms with Crippen molar-refractivity contribution in [2.24, 2.45) is 0 Å². The van der Waals surface area contributed by atoms with E-state index in [2.05, 4.69) is 5.32 Å². The summed E-state index contributed by atoms with van der Waals surface area (Å²) >= 11 is 6.97. The van der Waals surface area contributed by atoms with Gasteiger partial charge in [0.25, 0.3) is 5.91 Å². The lowest BCUT2D eigenvalue weighted by Crippen LogP contribution is -2.53. The number of hydrogen-bond donors (Lipinski definition) is 2. The monoisotopic (exact) mass is 303 g/mol. The molecule has 2 N–H and O–H groups in total. The molecule has 19 heavy (non-hydrogen) atoms. The molecule has 1 saturated heterocycles. The van der Waals surface area contributed by atoms with Crippen LogP contribution in [0.4, 0.5) is 0 Å². The predicted molar refractivity (Wildman–Crippen MR) is 71.8 cm³/mol. The van der Waals surface area contributed by atoms with Gasteiger partial charge >= 0.3 is 5.97 Å². The van der Waals surface area contributed by atoms with E-state index >= 15 is 0 Å². The van der Waals surface area contributed by atoms with Crippen LogP contribution in [0.15, 0.2) is 12.1 Å². The molecule has 104 valence electrons. The van der Waals surface area contributed by atoms with Gasteiger partial charge in [-0.2, -0.15) is 0 Å². The molecule has 1 aliphatic rings. The van der Waals surface area contributed by atoms with Crippen molar-refractivity contribution in [3.8, 4) is 0 Å². The quantitative estimate of drug-likeness (QED) is 0.893. The van der Waals surface area contributed by atoms with Crippen LogP contribution in [0.2, 0.25) is 4.34 Å². The Morgan fingerprint density at radius 3 is 2.63 bits per heavy atom. The zero-order chi connectivity index (χ0) is 13.9. The summed E-state index contributed by atoms with van der Waals surface area (Å²) in [5.41, 5.74) is -0.725. The molecule has 0 aromatic carbocycles. The molecule has 1 aromatic heterocycles. The third-order valence-electron chi connectivity index (χ3n) is 3.12. The standard InChI is InChI=1S/C12H14ClNO4S/c13-9-2-1-8(19-9)11(17)14-12(7-10(15)16)3-5-18-6-4-12/h1-2H,3-7H2,(H,14,17)(H,15,16). The van der Waals surface area contributed by atoms with Gasteiger partial charge in [0.05, 0.1) is 21.2 Å². The Balaban J connectivity index is 2.11. The molecule has 0 saturated carbocycles. The summed E-state index contributed by atoms with van der Waals surface area (Å²) in [7, 11) is 0. The normalized spacial score (nSPS) is 17.9. The van der Waals surface area contributed by atoms with Gasteiger partial charge in [-0.1, -0.05) is 11.6 Å².